The summed E-state index contributed by atoms with van der Waals surface area (Å²) < 4.78 is 0. The Morgan fingerprint density at radius 3 is 2.74 bits per heavy atom. The maximum absolute atomic E-state index is 8.61. The van der Waals surface area contributed by atoms with Crippen LogP contribution in [0.1, 0.15) is 38.2 Å². The third-order valence-electron chi connectivity index (χ3n) is 3.79. The number of nitrogens with zero attached hydrogens (tertiary/aromatic N) is 3. The first-order chi connectivity index (χ1) is 9.24. The number of hydrogen-bond acceptors (Lipinski definition) is 4. The average Bonchev–Trinajstić information content (AvgIpc) is 2.48. The van der Waals surface area contributed by atoms with Crippen molar-refractivity contribution in [3.63, 3.8) is 0 Å². The van der Waals surface area contributed by atoms with Gasteiger partial charge >= 0.3 is 0 Å². The molecule has 5 nitrogen and oxygen atoms in total. The Morgan fingerprint density at radius 1 is 1.47 bits per heavy atom. The highest BCUT2D eigenvalue weighted by Gasteiger charge is 2.19. The van der Waals surface area contributed by atoms with Gasteiger partial charge in [-0.05, 0) is 30.9 Å². The maximum atomic E-state index is 8.61. The molecule has 1 aliphatic heterocycles. The van der Waals surface area contributed by atoms with Gasteiger partial charge in [0.05, 0.1) is 0 Å². The summed E-state index contributed by atoms with van der Waals surface area (Å²) in [7, 11) is 0. The van der Waals surface area contributed by atoms with Crippen LogP contribution in [0.3, 0.4) is 0 Å². The van der Waals surface area contributed by atoms with E-state index in [0.29, 0.717) is 5.56 Å². The molecule has 2 rings (SSSR count). The molecule has 0 aliphatic carbocycles. The quantitative estimate of drug-likeness (QED) is 0.377. The van der Waals surface area contributed by atoms with Crippen molar-refractivity contribution >= 4 is 11.7 Å². The minimum Gasteiger partial charge on any atom is -0.409 e. The lowest BCUT2D eigenvalue weighted by atomic mass is 9.92. The second kappa shape index (κ2) is 6.41. The number of pyridine rings is 1. The zero-order valence-corrected chi connectivity index (χ0v) is 11.4. The molecule has 3 N–H and O–H groups in total. The lowest BCUT2D eigenvalue weighted by Gasteiger charge is -2.32. The van der Waals surface area contributed by atoms with E-state index in [0.717, 1.165) is 24.8 Å². The predicted octanol–water partition coefficient (Wildman–Crippen LogP) is 2.19. The van der Waals surface area contributed by atoms with Gasteiger partial charge in [0.1, 0.15) is 5.82 Å². The Hall–Kier alpha value is -1.78. The van der Waals surface area contributed by atoms with Crippen LogP contribution in [0.5, 0.6) is 0 Å². The van der Waals surface area contributed by atoms with Gasteiger partial charge in [0.25, 0.3) is 0 Å². The molecule has 1 aromatic rings. The van der Waals surface area contributed by atoms with Crippen molar-refractivity contribution in [3.05, 3.63) is 23.9 Å². The summed E-state index contributed by atoms with van der Waals surface area (Å²) in [6.45, 7) is 4.39. The van der Waals surface area contributed by atoms with Crippen LogP contribution in [-0.2, 0) is 0 Å². The first kappa shape index (κ1) is 13.6. The molecule has 0 radical (unpaired) electrons. The summed E-state index contributed by atoms with van der Waals surface area (Å²) in [5.41, 5.74) is 6.17. The molecule has 0 atom stereocenters. The Balaban J connectivity index is 1.96. The number of piperidine rings is 1. The van der Waals surface area contributed by atoms with Crippen molar-refractivity contribution in [2.24, 2.45) is 16.8 Å². The van der Waals surface area contributed by atoms with E-state index in [9.17, 15) is 0 Å². The fourth-order valence-corrected chi connectivity index (χ4v) is 2.64. The zero-order chi connectivity index (χ0) is 13.7. The minimum atomic E-state index is 0.0979. The van der Waals surface area contributed by atoms with Crippen molar-refractivity contribution in [2.45, 2.75) is 32.6 Å². The zero-order valence-electron chi connectivity index (χ0n) is 11.4. The molecule has 0 bridgehead atoms. The van der Waals surface area contributed by atoms with Crippen LogP contribution in [0, 0.1) is 5.92 Å². The van der Waals surface area contributed by atoms with Crippen LogP contribution in [0.4, 0.5) is 5.82 Å². The van der Waals surface area contributed by atoms with E-state index in [-0.39, 0.29) is 5.84 Å². The molecule has 19 heavy (non-hydrogen) atoms. The fraction of sp³-hybridized carbons (Fsp3) is 0.571. The van der Waals surface area contributed by atoms with Gasteiger partial charge in [-0.25, -0.2) is 4.98 Å². The van der Waals surface area contributed by atoms with E-state index in [1.165, 1.54) is 25.7 Å². The molecule has 5 heteroatoms. The van der Waals surface area contributed by atoms with Gasteiger partial charge in [0, 0.05) is 24.8 Å². The highest BCUT2D eigenvalue weighted by Crippen LogP contribution is 2.24. The van der Waals surface area contributed by atoms with E-state index < -0.39 is 0 Å². The van der Waals surface area contributed by atoms with Crippen molar-refractivity contribution in [1.82, 2.24) is 4.98 Å². The molecule has 1 aromatic heterocycles. The number of anilines is 1. The summed E-state index contributed by atoms with van der Waals surface area (Å²) >= 11 is 0. The molecular weight excluding hydrogens is 240 g/mol. The Kier molecular flexibility index (Phi) is 4.60. The van der Waals surface area contributed by atoms with Crippen molar-refractivity contribution in [2.75, 3.05) is 18.0 Å². The molecule has 0 saturated carbocycles. The lowest BCUT2D eigenvalue weighted by Crippen LogP contribution is -2.34. The molecule has 0 aromatic carbocycles. The highest BCUT2D eigenvalue weighted by atomic mass is 16.4. The van der Waals surface area contributed by atoms with Gasteiger partial charge in [0.2, 0.25) is 0 Å². The highest BCUT2D eigenvalue weighted by molar-refractivity contribution is 5.96. The first-order valence-corrected chi connectivity index (χ1v) is 6.93. The second-order valence-corrected chi connectivity index (χ2v) is 5.11. The molecule has 1 fully saturated rings. The van der Waals surface area contributed by atoms with Crippen LogP contribution in [-0.4, -0.2) is 29.1 Å². The van der Waals surface area contributed by atoms with E-state index in [1.807, 2.05) is 12.1 Å². The third kappa shape index (κ3) is 3.36. The van der Waals surface area contributed by atoms with E-state index >= 15 is 0 Å². The largest absolute Gasteiger partial charge is 0.409 e. The Bertz CT molecular complexity index is 422. The van der Waals surface area contributed by atoms with Gasteiger partial charge in [-0.3, -0.25) is 0 Å². The summed E-state index contributed by atoms with van der Waals surface area (Å²) in [5, 5.41) is 11.6. The number of hydrogen-bond donors (Lipinski definition) is 2. The first-order valence-electron chi connectivity index (χ1n) is 6.93. The Morgan fingerprint density at radius 2 is 2.21 bits per heavy atom. The molecular formula is C14H22N4O. The number of nitrogens with two attached hydrogens (primary N) is 1. The molecule has 2 heterocycles. The smallest absolute Gasteiger partial charge is 0.171 e. The standard InChI is InChI=1S/C14H22N4O/c1-2-3-11-6-8-18(9-7-11)13-5-4-12(10-16-13)14(15)17-19/h4-5,10-11,19H,2-3,6-9H2,1H3,(H2,15,17). The molecule has 0 amide bonds. The minimum absolute atomic E-state index is 0.0979. The lowest BCUT2D eigenvalue weighted by molar-refractivity contribution is 0.318. The molecule has 1 saturated heterocycles. The van der Waals surface area contributed by atoms with Crippen LogP contribution >= 0.6 is 0 Å². The monoisotopic (exact) mass is 262 g/mol. The van der Waals surface area contributed by atoms with Gasteiger partial charge in [-0.1, -0.05) is 24.9 Å². The Labute approximate surface area is 114 Å². The third-order valence-corrected chi connectivity index (χ3v) is 3.79. The van der Waals surface area contributed by atoms with Gasteiger partial charge in [0.15, 0.2) is 5.84 Å². The van der Waals surface area contributed by atoms with E-state index in [2.05, 4.69) is 22.0 Å². The van der Waals surface area contributed by atoms with Gasteiger partial charge in [-0.2, -0.15) is 0 Å². The van der Waals surface area contributed by atoms with Gasteiger partial charge in [-0.15, -0.1) is 0 Å². The van der Waals surface area contributed by atoms with Crippen molar-refractivity contribution in [3.8, 4) is 0 Å². The van der Waals surface area contributed by atoms with Gasteiger partial charge < -0.3 is 15.8 Å². The van der Waals surface area contributed by atoms with Crippen LogP contribution < -0.4 is 10.6 Å². The van der Waals surface area contributed by atoms with E-state index in [1.54, 1.807) is 6.20 Å². The second-order valence-electron chi connectivity index (χ2n) is 5.11. The van der Waals surface area contributed by atoms with E-state index in [4.69, 9.17) is 10.9 Å². The number of amidine groups is 1. The average molecular weight is 262 g/mol. The fourth-order valence-electron chi connectivity index (χ4n) is 2.64. The van der Waals surface area contributed by atoms with Crippen molar-refractivity contribution in [1.29, 1.82) is 0 Å². The number of oxime groups is 1. The normalized spacial score (nSPS) is 17.7. The molecule has 1 aliphatic rings. The number of rotatable bonds is 4. The summed E-state index contributed by atoms with van der Waals surface area (Å²) in [6, 6.07) is 3.78. The predicted molar refractivity (Wildman–Crippen MR) is 76.6 cm³/mol. The summed E-state index contributed by atoms with van der Waals surface area (Å²) in [5.74, 6) is 1.95. The molecule has 0 spiro atoms. The summed E-state index contributed by atoms with van der Waals surface area (Å²) in [4.78, 5) is 6.70. The van der Waals surface area contributed by atoms with Crippen molar-refractivity contribution < 1.29 is 5.21 Å². The van der Waals surface area contributed by atoms with Crippen LogP contribution in [0.25, 0.3) is 0 Å². The molecule has 104 valence electrons. The maximum Gasteiger partial charge on any atom is 0.171 e. The summed E-state index contributed by atoms with van der Waals surface area (Å²) in [6.07, 6.45) is 6.76. The van der Waals surface area contributed by atoms with Crippen LogP contribution in [0.15, 0.2) is 23.5 Å². The van der Waals surface area contributed by atoms with Crippen LogP contribution in [0.2, 0.25) is 0 Å². The topological polar surface area (TPSA) is 74.7 Å². The molecule has 0 unspecified atom stereocenters. The number of aromatic nitrogens is 1. The SMILES string of the molecule is CCCC1CCN(c2ccc(C(N)=NO)cn2)CC1.